The average molecular weight is 227 g/mol. The number of aliphatic hydroxyl groups is 1. The molecular formula is C11H17NO2S. The van der Waals surface area contributed by atoms with Crippen molar-refractivity contribution >= 4 is 11.3 Å². The minimum atomic E-state index is -0.219. The Morgan fingerprint density at radius 2 is 2.20 bits per heavy atom. The van der Waals surface area contributed by atoms with Gasteiger partial charge in [-0.15, -0.1) is 11.3 Å². The van der Waals surface area contributed by atoms with Crippen LogP contribution in [0.15, 0.2) is 12.1 Å². The Morgan fingerprint density at radius 3 is 2.87 bits per heavy atom. The lowest BCUT2D eigenvalue weighted by molar-refractivity contribution is 0.0860. The van der Waals surface area contributed by atoms with Gasteiger partial charge in [-0.05, 0) is 30.9 Å². The number of hydrogen-bond donors (Lipinski definition) is 2. The molecule has 3 N–H and O–H groups in total. The van der Waals surface area contributed by atoms with Gasteiger partial charge in [0.2, 0.25) is 0 Å². The quantitative estimate of drug-likeness (QED) is 0.825. The summed E-state index contributed by atoms with van der Waals surface area (Å²) in [4.78, 5) is 2.47. The summed E-state index contributed by atoms with van der Waals surface area (Å²) in [6, 6.07) is 3.96. The van der Waals surface area contributed by atoms with Gasteiger partial charge in [0.15, 0.2) is 0 Å². The Balaban J connectivity index is 2.05. The molecule has 1 aromatic rings. The fourth-order valence-electron chi connectivity index (χ4n) is 1.86. The fourth-order valence-corrected chi connectivity index (χ4v) is 3.03. The third kappa shape index (κ3) is 2.58. The highest BCUT2D eigenvalue weighted by Crippen LogP contribution is 2.33. The van der Waals surface area contributed by atoms with E-state index in [1.165, 1.54) is 4.88 Å². The van der Waals surface area contributed by atoms with Crippen LogP contribution >= 0.6 is 11.3 Å². The maximum absolute atomic E-state index is 8.97. The van der Waals surface area contributed by atoms with Crippen LogP contribution in [0, 0.1) is 0 Å². The van der Waals surface area contributed by atoms with Crippen LogP contribution in [0.2, 0.25) is 0 Å². The molecule has 84 valence electrons. The zero-order valence-electron chi connectivity index (χ0n) is 8.69. The summed E-state index contributed by atoms with van der Waals surface area (Å²) < 4.78 is 5.34. The normalized spacial score (nSPS) is 20.4. The van der Waals surface area contributed by atoms with Gasteiger partial charge >= 0.3 is 0 Å². The highest BCUT2D eigenvalue weighted by atomic mass is 32.1. The molecule has 1 fully saturated rings. The number of ether oxygens (including phenoxy) is 1. The summed E-state index contributed by atoms with van der Waals surface area (Å²) in [5.41, 5.74) is 5.77. The SMILES string of the molecule is NC(CO)c1ccc(C2CCOCC2)s1. The van der Waals surface area contributed by atoms with Crippen LogP contribution in [-0.4, -0.2) is 24.9 Å². The van der Waals surface area contributed by atoms with Crippen LogP contribution < -0.4 is 5.73 Å². The van der Waals surface area contributed by atoms with Gasteiger partial charge in [0.25, 0.3) is 0 Å². The third-order valence-electron chi connectivity index (χ3n) is 2.83. The van der Waals surface area contributed by atoms with E-state index in [9.17, 15) is 0 Å². The van der Waals surface area contributed by atoms with E-state index in [-0.39, 0.29) is 12.6 Å². The van der Waals surface area contributed by atoms with Crippen LogP contribution in [0.1, 0.15) is 34.6 Å². The highest BCUT2D eigenvalue weighted by Gasteiger charge is 2.18. The minimum Gasteiger partial charge on any atom is -0.394 e. The molecule has 1 saturated heterocycles. The van der Waals surface area contributed by atoms with Gasteiger partial charge in [0, 0.05) is 23.0 Å². The molecule has 2 rings (SSSR count). The van der Waals surface area contributed by atoms with E-state index in [0.29, 0.717) is 5.92 Å². The van der Waals surface area contributed by atoms with E-state index < -0.39 is 0 Å². The van der Waals surface area contributed by atoms with Crippen molar-refractivity contribution in [2.45, 2.75) is 24.8 Å². The Labute approximate surface area is 93.9 Å². The monoisotopic (exact) mass is 227 g/mol. The van der Waals surface area contributed by atoms with E-state index in [0.717, 1.165) is 30.9 Å². The molecule has 1 atom stereocenters. The summed E-state index contributed by atoms with van der Waals surface area (Å²) >= 11 is 1.73. The predicted octanol–water partition coefficient (Wildman–Crippen LogP) is 1.63. The largest absolute Gasteiger partial charge is 0.394 e. The Bertz CT molecular complexity index is 307. The van der Waals surface area contributed by atoms with Crippen molar-refractivity contribution in [2.24, 2.45) is 5.73 Å². The first-order valence-electron chi connectivity index (χ1n) is 5.35. The lowest BCUT2D eigenvalue weighted by atomic mass is 9.99. The van der Waals surface area contributed by atoms with Crippen LogP contribution in [-0.2, 0) is 4.74 Å². The molecule has 1 aliphatic heterocycles. The molecule has 1 aliphatic rings. The van der Waals surface area contributed by atoms with Crippen molar-refractivity contribution in [1.82, 2.24) is 0 Å². The maximum Gasteiger partial charge on any atom is 0.0632 e. The summed E-state index contributed by atoms with van der Waals surface area (Å²) in [5, 5.41) is 8.97. The first-order valence-corrected chi connectivity index (χ1v) is 6.16. The van der Waals surface area contributed by atoms with Crippen molar-refractivity contribution in [1.29, 1.82) is 0 Å². The van der Waals surface area contributed by atoms with Crippen LogP contribution in [0.4, 0.5) is 0 Å². The summed E-state index contributed by atoms with van der Waals surface area (Å²) in [6.45, 7) is 1.75. The molecule has 0 spiro atoms. The van der Waals surface area contributed by atoms with Crippen LogP contribution in [0.5, 0.6) is 0 Å². The first kappa shape index (κ1) is 11.1. The van der Waals surface area contributed by atoms with Crippen molar-refractivity contribution in [3.05, 3.63) is 21.9 Å². The number of rotatable bonds is 3. The Hall–Kier alpha value is -0.420. The average Bonchev–Trinajstić information content (AvgIpc) is 2.78. The van der Waals surface area contributed by atoms with Gasteiger partial charge in [-0.1, -0.05) is 0 Å². The van der Waals surface area contributed by atoms with E-state index in [1.54, 1.807) is 11.3 Å². The molecule has 0 aromatic carbocycles. The van der Waals surface area contributed by atoms with Gasteiger partial charge in [-0.3, -0.25) is 0 Å². The zero-order chi connectivity index (χ0) is 10.7. The molecule has 0 radical (unpaired) electrons. The molecule has 1 aromatic heterocycles. The fraction of sp³-hybridized carbons (Fsp3) is 0.636. The van der Waals surface area contributed by atoms with E-state index in [1.807, 2.05) is 6.07 Å². The first-order chi connectivity index (χ1) is 7.31. The van der Waals surface area contributed by atoms with Gasteiger partial charge in [-0.2, -0.15) is 0 Å². The Morgan fingerprint density at radius 1 is 1.47 bits per heavy atom. The second-order valence-electron chi connectivity index (χ2n) is 3.92. The molecule has 15 heavy (non-hydrogen) atoms. The van der Waals surface area contributed by atoms with Gasteiger partial charge in [0.05, 0.1) is 12.6 Å². The highest BCUT2D eigenvalue weighted by molar-refractivity contribution is 7.12. The number of hydrogen-bond acceptors (Lipinski definition) is 4. The van der Waals surface area contributed by atoms with E-state index >= 15 is 0 Å². The lowest BCUT2D eigenvalue weighted by Gasteiger charge is -2.20. The van der Waals surface area contributed by atoms with Crippen molar-refractivity contribution in [3.63, 3.8) is 0 Å². The second-order valence-corrected chi connectivity index (χ2v) is 5.06. The van der Waals surface area contributed by atoms with Crippen LogP contribution in [0.25, 0.3) is 0 Å². The van der Waals surface area contributed by atoms with Crippen LogP contribution in [0.3, 0.4) is 0 Å². The number of aliphatic hydroxyl groups excluding tert-OH is 1. The summed E-state index contributed by atoms with van der Waals surface area (Å²) in [6.07, 6.45) is 2.21. The molecule has 0 amide bonds. The molecule has 0 bridgehead atoms. The Kier molecular flexibility index (Phi) is 3.75. The van der Waals surface area contributed by atoms with Gasteiger partial charge < -0.3 is 15.6 Å². The molecule has 0 saturated carbocycles. The van der Waals surface area contributed by atoms with Gasteiger partial charge in [-0.25, -0.2) is 0 Å². The molecule has 0 aliphatic carbocycles. The standard InChI is InChI=1S/C11H17NO2S/c12-9(7-13)11-2-1-10(15-11)8-3-5-14-6-4-8/h1-2,8-9,13H,3-7,12H2. The summed E-state index contributed by atoms with van der Waals surface area (Å²) in [5.74, 6) is 0.628. The second kappa shape index (κ2) is 5.07. The maximum atomic E-state index is 8.97. The zero-order valence-corrected chi connectivity index (χ0v) is 9.50. The minimum absolute atomic E-state index is 0.0216. The molecule has 4 heteroatoms. The smallest absolute Gasteiger partial charge is 0.0632 e. The van der Waals surface area contributed by atoms with Gasteiger partial charge in [0.1, 0.15) is 0 Å². The predicted molar refractivity (Wildman–Crippen MR) is 61.1 cm³/mol. The van der Waals surface area contributed by atoms with Crippen molar-refractivity contribution in [2.75, 3.05) is 19.8 Å². The van der Waals surface area contributed by atoms with Crippen molar-refractivity contribution in [3.8, 4) is 0 Å². The third-order valence-corrected chi connectivity index (χ3v) is 4.21. The summed E-state index contributed by atoms with van der Waals surface area (Å²) in [7, 11) is 0. The number of thiophene rings is 1. The van der Waals surface area contributed by atoms with Crippen molar-refractivity contribution < 1.29 is 9.84 Å². The molecular weight excluding hydrogens is 210 g/mol. The topological polar surface area (TPSA) is 55.5 Å². The van der Waals surface area contributed by atoms with E-state index in [2.05, 4.69) is 6.07 Å². The number of nitrogens with two attached hydrogens (primary N) is 1. The lowest BCUT2D eigenvalue weighted by Crippen LogP contribution is -2.13. The molecule has 3 nitrogen and oxygen atoms in total. The van der Waals surface area contributed by atoms with E-state index in [4.69, 9.17) is 15.6 Å². The molecule has 1 unspecified atom stereocenters. The molecule has 2 heterocycles.